The Hall–Kier alpha value is -2.59. The molecule has 0 spiro atoms. The maximum atomic E-state index is 13.4. The van der Waals surface area contributed by atoms with Crippen LogP contribution in [0.5, 0.6) is 5.75 Å². The van der Waals surface area contributed by atoms with Gasteiger partial charge in [-0.1, -0.05) is 0 Å². The van der Waals surface area contributed by atoms with E-state index in [0.717, 1.165) is 35.7 Å². The summed E-state index contributed by atoms with van der Waals surface area (Å²) in [6.45, 7) is 6.07. The van der Waals surface area contributed by atoms with Crippen molar-refractivity contribution in [2.75, 3.05) is 44.4 Å². The number of piperazine rings is 1. The Kier molecular flexibility index (Phi) is 6.67. The van der Waals surface area contributed by atoms with E-state index in [2.05, 4.69) is 11.0 Å². The number of sulfone groups is 1. The number of carbonyl (C=O) groups is 1. The minimum Gasteiger partial charge on any atom is -0.495 e. The lowest BCUT2D eigenvalue weighted by Crippen LogP contribution is -2.48. The summed E-state index contributed by atoms with van der Waals surface area (Å²) in [5.74, 6) is 1.01. The number of carbonyl (C=O) groups excluding carboxylic acids is 1. The fourth-order valence-corrected chi connectivity index (χ4v) is 5.76. The minimum atomic E-state index is -3.44. The van der Waals surface area contributed by atoms with Gasteiger partial charge in [-0.3, -0.25) is 4.79 Å². The van der Waals surface area contributed by atoms with E-state index in [1.54, 1.807) is 29.4 Å². The van der Waals surface area contributed by atoms with Crippen LogP contribution < -0.4 is 9.64 Å². The van der Waals surface area contributed by atoms with Gasteiger partial charge in [0.05, 0.1) is 23.7 Å². The zero-order valence-corrected chi connectivity index (χ0v) is 21.0. The molecule has 1 saturated heterocycles. The highest BCUT2D eigenvalue weighted by atomic mass is 32.2. The lowest BCUT2D eigenvalue weighted by molar-refractivity contribution is 0.0740. The number of ether oxygens (including phenoxy) is 2. The monoisotopic (exact) mass is 491 g/mol. The molecule has 0 bridgehead atoms. The van der Waals surface area contributed by atoms with Crippen LogP contribution in [0.15, 0.2) is 29.2 Å². The summed E-state index contributed by atoms with van der Waals surface area (Å²) in [6.07, 6.45) is 4.99. The molecule has 2 heterocycles. The van der Waals surface area contributed by atoms with Crippen LogP contribution in [0.2, 0.25) is 0 Å². The SMILES string of the molecule is COC1=CCCc2sc(N3CCN(C(=O)c4cc(S(C)(=O)=O)ccc4OC(C)C)CC3)nc21. The van der Waals surface area contributed by atoms with Gasteiger partial charge >= 0.3 is 0 Å². The number of thiazole rings is 1. The van der Waals surface area contributed by atoms with Crippen molar-refractivity contribution in [1.82, 2.24) is 9.88 Å². The molecule has 0 radical (unpaired) electrons. The summed E-state index contributed by atoms with van der Waals surface area (Å²) >= 11 is 1.68. The van der Waals surface area contributed by atoms with Crippen molar-refractivity contribution in [3.8, 4) is 5.75 Å². The van der Waals surface area contributed by atoms with Crippen LogP contribution in [0.1, 0.15) is 41.2 Å². The number of anilines is 1. The third kappa shape index (κ3) is 5.01. The number of aromatic nitrogens is 1. The summed E-state index contributed by atoms with van der Waals surface area (Å²) in [5, 5.41) is 0.944. The van der Waals surface area contributed by atoms with Gasteiger partial charge in [0.25, 0.3) is 5.91 Å². The number of allylic oxidation sites excluding steroid dienone is 1. The number of hydrogen-bond donors (Lipinski definition) is 0. The van der Waals surface area contributed by atoms with Crippen LogP contribution in [0.25, 0.3) is 5.76 Å². The van der Waals surface area contributed by atoms with Gasteiger partial charge in [0.15, 0.2) is 15.0 Å². The summed E-state index contributed by atoms with van der Waals surface area (Å²) in [7, 11) is -1.78. The van der Waals surface area contributed by atoms with E-state index in [-0.39, 0.29) is 22.5 Å². The standard InChI is InChI=1S/C23H29N3O5S2/c1-15(2)31-18-9-8-16(33(4,28)29)14-17(18)22(27)25-10-12-26(13-11-25)23-24-21-19(30-3)6-5-7-20(21)32-23/h6,8-9,14-15H,5,7,10-13H2,1-4H3. The van der Waals surface area contributed by atoms with E-state index in [1.165, 1.54) is 17.0 Å². The highest BCUT2D eigenvalue weighted by molar-refractivity contribution is 7.90. The second kappa shape index (κ2) is 9.34. The zero-order valence-electron chi connectivity index (χ0n) is 19.3. The molecule has 1 aromatic heterocycles. The largest absolute Gasteiger partial charge is 0.495 e. The third-order valence-corrected chi connectivity index (χ3v) is 7.94. The number of aryl methyl sites for hydroxylation is 1. The second-order valence-corrected chi connectivity index (χ2v) is 11.5. The first-order chi connectivity index (χ1) is 15.7. The van der Waals surface area contributed by atoms with Crippen molar-refractivity contribution in [3.05, 3.63) is 40.4 Å². The lowest BCUT2D eigenvalue weighted by Gasteiger charge is -2.35. The van der Waals surface area contributed by atoms with Gasteiger partial charge in [-0.05, 0) is 51.0 Å². The fraction of sp³-hybridized carbons (Fsp3) is 0.478. The molecule has 1 aliphatic heterocycles. The van der Waals surface area contributed by atoms with Gasteiger partial charge in [0.1, 0.15) is 17.2 Å². The van der Waals surface area contributed by atoms with E-state index < -0.39 is 9.84 Å². The van der Waals surface area contributed by atoms with E-state index in [4.69, 9.17) is 14.5 Å². The van der Waals surface area contributed by atoms with Crippen LogP contribution in [-0.2, 0) is 21.0 Å². The number of fused-ring (bicyclic) bond motifs is 1. The summed E-state index contributed by atoms with van der Waals surface area (Å²) < 4.78 is 35.4. The Bertz CT molecular complexity index is 1180. The molecule has 10 heteroatoms. The van der Waals surface area contributed by atoms with Crippen molar-refractivity contribution in [3.63, 3.8) is 0 Å². The maximum absolute atomic E-state index is 13.4. The average Bonchev–Trinajstić information content (AvgIpc) is 3.22. The maximum Gasteiger partial charge on any atom is 0.257 e. The topological polar surface area (TPSA) is 89.0 Å². The lowest BCUT2D eigenvalue weighted by atomic mass is 10.1. The molecule has 1 amide bonds. The molecule has 178 valence electrons. The van der Waals surface area contributed by atoms with Gasteiger partial charge in [0.2, 0.25) is 0 Å². The Labute approximate surface area is 198 Å². The molecule has 2 aromatic rings. The molecule has 1 aliphatic carbocycles. The predicted molar refractivity (Wildman–Crippen MR) is 129 cm³/mol. The highest BCUT2D eigenvalue weighted by Crippen LogP contribution is 2.35. The molecule has 2 aliphatic rings. The summed E-state index contributed by atoms with van der Waals surface area (Å²) in [4.78, 5) is 23.4. The van der Waals surface area contributed by atoms with Crippen molar-refractivity contribution in [2.24, 2.45) is 0 Å². The van der Waals surface area contributed by atoms with Crippen molar-refractivity contribution >= 4 is 38.0 Å². The summed E-state index contributed by atoms with van der Waals surface area (Å²) in [5.41, 5.74) is 1.20. The van der Waals surface area contributed by atoms with E-state index in [1.807, 2.05) is 13.8 Å². The molecule has 0 N–H and O–H groups in total. The first-order valence-corrected chi connectivity index (χ1v) is 13.7. The number of methoxy groups -OCH3 is 1. The quantitative estimate of drug-likeness (QED) is 0.613. The Morgan fingerprint density at radius 1 is 1.18 bits per heavy atom. The molecule has 0 unspecified atom stereocenters. The molecule has 4 rings (SSSR count). The van der Waals surface area contributed by atoms with Crippen LogP contribution >= 0.6 is 11.3 Å². The second-order valence-electron chi connectivity index (χ2n) is 8.46. The minimum absolute atomic E-state index is 0.107. The first-order valence-electron chi connectivity index (χ1n) is 11.0. The van der Waals surface area contributed by atoms with Crippen LogP contribution in [0.3, 0.4) is 0 Å². The van der Waals surface area contributed by atoms with E-state index >= 15 is 0 Å². The predicted octanol–water partition coefficient (Wildman–Crippen LogP) is 3.23. The number of nitrogens with zero attached hydrogens (tertiary/aromatic N) is 3. The molecule has 1 aromatic carbocycles. The molecular formula is C23H29N3O5S2. The first kappa shape index (κ1) is 23.6. The number of benzene rings is 1. The fourth-order valence-electron chi connectivity index (χ4n) is 3.98. The molecule has 1 fully saturated rings. The van der Waals surface area contributed by atoms with Gasteiger partial charge in [-0.2, -0.15) is 0 Å². The Morgan fingerprint density at radius 2 is 1.91 bits per heavy atom. The van der Waals surface area contributed by atoms with Crippen LogP contribution in [0.4, 0.5) is 5.13 Å². The van der Waals surface area contributed by atoms with Crippen molar-refractivity contribution in [2.45, 2.75) is 37.7 Å². The van der Waals surface area contributed by atoms with Gasteiger partial charge in [-0.15, -0.1) is 11.3 Å². The number of amides is 1. The normalized spacial score (nSPS) is 16.5. The number of rotatable bonds is 6. The van der Waals surface area contributed by atoms with Crippen molar-refractivity contribution < 1.29 is 22.7 Å². The van der Waals surface area contributed by atoms with Crippen molar-refractivity contribution in [1.29, 1.82) is 0 Å². The Morgan fingerprint density at radius 3 is 2.55 bits per heavy atom. The molecule has 0 saturated carbocycles. The van der Waals surface area contributed by atoms with E-state index in [0.29, 0.717) is 31.9 Å². The molecule has 33 heavy (non-hydrogen) atoms. The van der Waals surface area contributed by atoms with Gasteiger partial charge in [0, 0.05) is 37.3 Å². The average molecular weight is 492 g/mol. The number of hydrogen-bond acceptors (Lipinski definition) is 8. The van der Waals surface area contributed by atoms with Crippen LogP contribution in [0, 0.1) is 0 Å². The molecule has 0 atom stereocenters. The zero-order chi connectivity index (χ0) is 23.8. The van der Waals surface area contributed by atoms with Crippen LogP contribution in [-0.4, -0.2) is 69.9 Å². The third-order valence-electron chi connectivity index (χ3n) is 5.65. The highest BCUT2D eigenvalue weighted by Gasteiger charge is 2.28. The smallest absolute Gasteiger partial charge is 0.257 e. The van der Waals surface area contributed by atoms with Gasteiger partial charge in [-0.25, -0.2) is 13.4 Å². The van der Waals surface area contributed by atoms with E-state index in [9.17, 15) is 13.2 Å². The molecular weight excluding hydrogens is 462 g/mol. The molecule has 8 nitrogen and oxygen atoms in total. The van der Waals surface area contributed by atoms with Gasteiger partial charge < -0.3 is 19.3 Å². The Balaban J connectivity index is 1.51. The summed E-state index contributed by atoms with van der Waals surface area (Å²) in [6, 6.07) is 4.48.